The molecule has 6 nitrogen and oxygen atoms in total. The van der Waals surface area contributed by atoms with Gasteiger partial charge in [0, 0.05) is 12.7 Å². The second kappa shape index (κ2) is 7.35. The fourth-order valence-electron chi connectivity index (χ4n) is 1.31. The number of carboxylic acid groups (broad SMARTS) is 1. The molecule has 0 atom stereocenters. The number of carbonyl (C=O) groups excluding carboxylic acids is 1. The van der Waals surface area contributed by atoms with Crippen molar-refractivity contribution in [3.63, 3.8) is 0 Å². The van der Waals surface area contributed by atoms with Gasteiger partial charge in [-0.05, 0) is 18.4 Å². The van der Waals surface area contributed by atoms with Gasteiger partial charge in [0.05, 0.1) is 11.8 Å². The van der Waals surface area contributed by atoms with Crippen molar-refractivity contribution in [3.05, 3.63) is 24.0 Å². The molecule has 1 rings (SSSR count). The third-order valence-corrected chi connectivity index (χ3v) is 2.37. The van der Waals surface area contributed by atoms with Crippen LogP contribution in [0.3, 0.4) is 0 Å². The highest BCUT2D eigenvalue weighted by Gasteiger charge is 2.07. The van der Waals surface area contributed by atoms with Gasteiger partial charge in [0.1, 0.15) is 5.75 Å². The standard InChI is InChI=1S/C13H18N2O4/c1-9(2)3-4-15-12(16)8-19-11-5-10(13(17)18)6-14-7-11/h5-7,9H,3-4,8H2,1-2H3,(H,15,16)(H,17,18). The van der Waals surface area contributed by atoms with Crippen LogP contribution in [-0.4, -0.2) is 35.1 Å². The Morgan fingerprint density at radius 2 is 2.16 bits per heavy atom. The lowest BCUT2D eigenvalue weighted by Crippen LogP contribution is -2.30. The van der Waals surface area contributed by atoms with Crippen LogP contribution in [0, 0.1) is 5.92 Å². The van der Waals surface area contributed by atoms with Gasteiger partial charge in [-0.25, -0.2) is 4.79 Å². The Hall–Kier alpha value is -2.11. The topological polar surface area (TPSA) is 88.5 Å². The van der Waals surface area contributed by atoms with Crippen molar-refractivity contribution in [2.24, 2.45) is 5.92 Å². The molecule has 6 heteroatoms. The highest BCUT2D eigenvalue weighted by Crippen LogP contribution is 2.10. The quantitative estimate of drug-likeness (QED) is 0.777. The van der Waals surface area contributed by atoms with Gasteiger partial charge < -0.3 is 15.2 Å². The van der Waals surface area contributed by atoms with Gasteiger partial charge in [0.2, 0.25) is 0 Å². The molecule has 1 aromatic heterocycles. The number of ether oxygens (including phenoxy) is 1. The first kappa shape index (κ1) is 14.9. The van der Waals surface area contributed by atoms with E-state index in [4.69, 9.17) is 9.84 Å². The van der Waals surface area contributed by atoms with Crippen LogP contribution in [0.4, 0.5) is 0 Å². The molecule has 19 heavy (non-hydrogen) atoms. The maximum Gasteiger partial charge on any atom is 0.337 e. The summed E-state index contributed by atoms with van der Waals surface area (Å²) >= 11 is 0. The van der Waals surface area contributed by atoms with Gasteiger partial charge in [-0.2, -0.15) is 0 Å². The molecule has 1 amide bonds. The van der Waals surface area contributed by atoms with Crippen LogP contribution in [0.25, 0.3) is 0 Å². The Morgan fingerprint density at radius 3 is 2.79 bits per heavy atom. The summed E-state index contributed by atoms with van der Waals surface area (Å²) in [7, 11) is 0. The molecule has 0 saturated carbocycles. The Morgan fingerprint density at radius 1 is 1.42 bits per heavy atom. The number of carbonyl (C=O) groups is 2. The third-order valence-electron chi connectivity index (χ3n) is 2.37. The summed E-state index contributed by atoms with van der Waals surface area (Å²) in [4.78, 5) is 25.9. The molecule has 0 fully saturated rings. The van der Waals surface area contributed by atoms with E-state index in [1.54, 1.807) is 0 Å². The Balaban J connectivity index is 2.37. The van der Waals surface area contributed by atoms with E-state index >= 15 is 0 Å². The molecule has 0 aliphatic carbocycles. The second-order valence-electron chi connectivity index (χ2n) is 4.54. The minimum atomic E-state index is -1.08. The molecule has 0 bridgehead atoms. The van der Waals surface area contributed by atoms with Crippen molar-refractivity contribution in [2.45, 2.75) is 20.3 Å². The molecule has 0 aliphatic heterocycles. The first-order chi connectivity index (χ1) is 8.99. The normalized spacial score (nSPS) is 10.3. The summed E-state index contributed by atoms with van der Waals surface area (Å²) in [5.41, 5.74) is 0.0257. The van der Waals surface area contributed by atoms with Crippen molar-refractivity contribution in [2.75, 3.05) is 13.2 Å². The van der Waals surface area contributed by atoms with Crippen LogP contribution < -0.4 is 10.1 Å². The van der Waals surface area contributed by atoms with Crippen LogP contribution >= 0.6 is 0 Å². The average molecular weight is 266 g/mol. The lowest BCUT2D eigenvalue weighted by atomic mass is 10.1. The Kier molecular flexibility index (Phi) is 5.78. The number of nitrogens with zero attached hydrogens (tertiary/aromatic N) is 1. The van der Waals surface area contributed by atoms with Crippen molar-refractivity contribution in [1.29, 1.82) is 0 Å². The molecule has 0 saturated heterocycles. The van der Waals surface area contributed by atoms with E-state index < -0.39 is 5.97 Å². The van der Waals surface area contributed by atoms with E-state index in [1.807, 2.05) is 0 Å². The predicted octanol–water partition coefficient (Wildman–Crippen LogP) is 1.32. The van der Waals surface area contributed by atoms with E-state index in [-0.39, 0.29) is 23.8 Å². The van der Waals surface area contributed by atoms with E-state index in [0.717, 1.165) is 6.42 Å². The van der Waals surface area contributed by atoms with Crippen LogP contribution in [0.2, 0.25) is 0 Å². The van der Waals surface area contributed by atoms with E-state index in [0.29, 0.717) is 12.5 Å². The first-order valence-corrected chi connectivity index (χ1v) is 6.07. The fraction of sp³-hybridized carbons (Fsp3) is 0.462. The minimum absolute atomic E-state index is 0.0257. The van der Waals surface area contributed by atoms with Crippen LogP contribution in [0.15, 0.2) is 18.5 Å². The molecule has 0 aromatic carbocycles. The van der Waals surface area contributed by atoms with Gasteiger partial charge in [0.15, 0.2) is 6.61 Å². The van der Waals surface area contributed by atoms with Crippen LogP contribution in [-0.2, 0) is 4.79 Å². The summed E-state index contributed by atoms with van der Waals surface area (Å²) < 4.78 is 5.18. The zero-order valence-corrected chi connectivity index (χ0v) is 11.0. The summed E-state index contributed by atoms with van der Waals surface area (Å²) in [6.07, 6.45) is 3.49. The molecular weight excluding hydrogens is 248 g/mol. The molecule has 104 valence electrons. The number of nitrogens with one attached hydrogen (secondary N) is 1. The smallest absolute Gasteiger partial charge is 0.337 e. The van der Waals surface area contributed by atoms with Crippen LogP contribution in [0.5, 0.6) is 5.75 Å². The zero-order valence-electron chi connectivity index (χ0n) is 11.0. The summed E-state index contributed by atoms with van der Waals surface area (Å²) in [6, 6.07) is 1.33. The number of hydrogen-bond acceptors (Lipinski definition) is 4. The van der Waals surface area contributed by atoms with E-state index in [2.05, 4.69) is 24.1 Å². The number of amides is 1. The van der Waals surface area contributed by atoms with Crippen molar-refractivity contribution < 1.29 is 19.4 Å². The fourth-order valence-corrected chi connectivity index (χ4v) is 1.31. The van der Waals surface area contributed by atoms with E-state index in [1.165, 1.54) is 18.5 Å². The molecule has 0 unspecified atom stereocenters. The lowest BCUT2D eigenvalue weighted by Gasteiger charge is -2.08. The van der Waals surface area contributed by atoms with Crippen LogP contribution in [0.1, 0.15) is 30.6 Å². The van der Waals surface area contributed by atoms with Gasteiger partial charge in [-0.15, -0.1) is 0 Å². The van der Waals surface area contributed by atoms with Crippen molar-refractivity contribution >= 4 is 11.9 Å². The average Bonchev–Trinajstić information content (AvgIpc) is 2.36. The molecular formula is C13H18N2O4. The monoisotopic (exact) mass is 266 g/mol. The zero-order chi connectivity index (χ0) is 14.3. The summed E-state index contributed by atoms with van der Waals surface area (Å²) in [5.74, 6) is -0.530. The molecule has 1 aromatic rings. The maximum atomic E-state index is 11.4. The third kappa shape index (κ3) is 5.85. The number of carboxylic acids is 1. The maximum absolute atomic E-state index is 11.4. The number of aromatic carboxylic acids is 1. The second-order valence-corrected chi connectivity index (χ2v) is 4.54. The largest absolute Gasteiger partial charge is 0.482 e. The molecule has 0 radical (unpaired) electrons. The Labute approximate surface area is 111 Å². The summed E-state index contributed by atoms with van der Waals surface area (Å²) in [6.45, 7) is 4.60. The van der Waals surface area contributed by atoms with Gasteiger partial charge in [0.25, 0.3) is 5.91 Å². The predicted molar refractivity (Wildman–Crippen MR) is 69.2 cm³/mol. The Bertz CT molecular complexity index is 446. The first-order valence-electron chi connectivity index (χ1n) is 6.07. The molecule has 0 spiro atoms. The molecule has 0 aliphatic rings. The SMILES string of the molecule is CC(C)CCNC(=O)COc1cncc(C(=O)O)c1. The lowest BCUT2D eigenvalue weighted by molar-refractivity contribution is -0.123. The van der Waals surface area contributed by atoms with Gasteiger partial charge in [-0.1, -0.05) is 13.8 Å². The highest BCUT2D eigenvalue weighted by molar-refractivity contribution is 5.87. The van der Waals surface area contributed by atoms with Gasteiger partial charge >= 0.3 is 5.97 Å². The van der Waals surface area contributed by atoms with Crippen molar-refractivity contribution in [1.82, 2.24) is 10.3 Å². The molecule has 1 heterocycles. The van der Waals surface area contributed by atoms with Gasteiger partial charge in [-0.3, -0.25) is 9.78 Å². The highest BCUT2D eigenvalue weighted by atomic mass is 16.5. The number of aromatic nitrogens is 1. The number of rotatable bonds is 7. The minimum Gasteiger partial charge on any atom is -0.482 e. The van der Waals surface area contributed by atoms with E-state index in [9.17, 15) is 9.59 Å². The number of pyridine rings is 1. The molecule has 2 N–H and O–H groups in total. The summed E-state index contributed by atoms with van der Waals surface area (Å²) in [5, 5.41) is 11.5. The number of hydrogen-bond donors (Lipinski definition) is 2. The van der Waals surface area contributed by atoms with Crippen molar-refractivity contribution in [3.8, 4) is 5.75 Å².